The Hall–Kier alpha value is -4.54. The van der Waals surface area contributed by atoms with Crippen molar-refractivity contribution in [1.29, 1.82) is 0 Å². The van der Waals surface area contributed by atoms with E-state index in [-0.39, 0.29) is 35.4 Å². The number of ether oxygens (including phenoxy) is 1. The lowest BCUT2D eigenvalue weighted by Crippen LogP contribution is -2.14. The van der Waals surface area contributed by atoms with Crippen molar-refractivity contribution in [1.82, 2.24) is 9.97 Å². The molecule has 2 amide bonds. The molecule has 0 aliphatic rings. The molecule has 0 atom stereocenters. The number of hydrogen-bond donors (Lipinski definition) is 2. The molecule has 4 rings (SSSR count). The molecule has 11 heteroatoms. The molecule has 3 aromatic carbocycles. The fourth-order valence-electron chi connectivity index (χ4n) is 3.34. The number of nitrogens with zero attached hydrogens (tertiary/aromatic N) is 2. The minimum Gasteiger partial charge on any atom is -0.439 e. The Morgan fingerprint density at radius 1 is 1.00 bits per heavy atom. The SMILES string of the molecule is CCC(=O)Nc1nccc(Oc2ccc3c(C(=O)Nc4ccc(F)c(C(F)(F)F)c4)cccc3c2)n1. The first-order chi connectivity index (χ1) is 17.1. The van der Waals surface area contributed by atoms with Crippen LogP contribution in [0.5, 0.6) is 11.6 Å². The van der Waals surface area contributed by atoms with Crippen LogP contribution in [0, 0.1) is 5.82 Å². The first kappa shape index (κ1) is 24.6. The van der Waals surface area contributed by atoms with E-state index in [1.54, 1.807) is 37.3 Å². The Bertz CT molecular complexity index is 1460. The number of hydrogen-bond acceptors (Lipinski definition) is 5. The van der Waals surface area contributed by atoms with Crippen LogP contribution in [0.3, 0.4) is 0 Å². The highest BCUT2D eigenvalue weighted by Crippen LogP contribution is 2.33. The van der Waals surface area contributed by atoms with Crippen molar-refractivity contribution in [3.63, 3.8) is 0 Å². The van der Waals surface area contributed by atoms with E-state index in [1.165, 1.54) is 18.3 Å². The van der Waals surface area contributed by atoms with Crippen LogP contribution in [0.1, 0.15) is 29.3 Å². The number of nitrogens with one attached hydrogen (secondary N) is 2. The first-order valence-electron chi connectivity index (χ1n) is 10.7. The van der Waals surface area contributed by atoms with Crippen molar-refractivity contribution in [2.45, 2.75) is 19.5 Å². The quantitative estimate of drug-likeness (QED) is 0.310. The molecule has 0 fully saturated rings. The van der Waals surface area contributed by atoms with E-state index in [0.29, 0.717) is 28.7 Å². The van der Waals surface area contributed by atoms with Crippen LogP contribution in [-0.2, 0) is 11.0 Å². The van der Waals surface area contributed by atoms with Crippen LogP contribution >= 0.6 is 0 Å². The number of aromatic nitrogens is 2. The molecule has 7 nitrogen and oxygen atoms in total. The molecule has 0 unspecified atom stereocenters. The average Bonchev–Trinajstić information content (AvgIpc) is 2.84. The molecule has 4 aromatic rings. The lowest BCUT2D eigenvalue weighted by molar-refractivity contribution is -0.140. The van der Waals surface area contributed by atoms with E-state index in [1.807, 2.05) is 0 Å². The maximum absolute atomic E-state index is 13.6. The number of benzene rings is 3. The summed E-state index contributed by atoms with van der Waals surface area (Å²) < 4.78 is 58.3. The van der Waals surface area contributed by atoms with Gasteiger partial charge in [0.1, 0.15) is 11.6 Å². The molecule has 184 valence electrons. The van der Waals surface area contributed by atoms with Gasteiger partial charge in [0, 0.05) is 29.9 Å². The molecular weight excluding hydrogens is 480 g/mol. The summed E-state index contributed by atoms with van der Waals surface area (Å²) >= 11 is 0. The largest absolute Gasteiger partial charge is 0.439 e. The Kier molecular flexibility index (Phi) is 6.82. The fraction of sp³-hybridized carbons (Fsp3) is 0.120. The van der Waals surface area contributed by atoms with Crippen LogP contribution in [0.15, 0.2) is 66.9 Å². The van der Waals surface area contributed by atoms with Gasteiger partial charge >= 0.3 is 6.18 Å². The second-order valence-electron chi connectivity index (χ2n) is 7.56. The van der Waals surface area contributed by atoms with Gasteiger partial charge in [-0.1, -0.05) is 19.1 Å². The zero-order valence-electron chi connectivity index (χ0n) is 18.7. The summed E-state index contributed by atoms with van der Waals surface area (Å²) in [6.45, 7) is 1.69. The number of rotatable bonds is 6. The summed E-state index contributed by atoms with van der Waals surface area (Å²) in [6, 6.07) is 13.5. The Balaban J connectivity index is 1.56. The van der Waals surface area contributed by atoms with Crippen molar-refractivity contribution < 1.29 is 31.9 Å². The third-order valence-corrected chi connectivity index (χ3v) is 5.05. The molecule has 0 saturated heterocycles. The number of fused-ring (bicyclic) bond motifs is 1. The molecule has 0 radical (unpaired) electrons. The van der Waals surface area contributed by atoms with Gasteiger partial charge in [0.25, 0.3) is 5.91 Å². The third-order valence-electron chi connectivity index (χ3n) is 5.05. The molecule has 1 aromatic heterocycles. The lowest BCUT2D eigenvalue weighted by atomic mass is 10.0. The van der Waals surface area contributed by atoms with Gasteiger partial charge in [-0.05, 0) is 53.2 Å². The topological polar surface area (TPSA) is 93.2 Å². The number of alkyl halides is 3. The first-order valence-corrected chi connectivity index (χ1v) is 10.7. The van der Waals surface area contributed by atoms with E-state index < -0.39 is 23.5 Å². The van der Waals surface area contributed by atoms with E-state index in [2.05, 4.69) is 20.6 Å². The Morgan fingerprint density at radius 2 is 1.81 bits per heavy atom. The van der Waals surface area contributed by atoms with Crippen molar-refractivity contribution in [3.05, 3.63) is 83.8 Å². The second-order valence-corrected chi connectivity index (χ2v) is 7.56. The molecule has 0 aliphatic carbocycles. The summed E-state index contributed by atoms with van der Waals surface area (Å²) in [4.78, 5) is 32.5. The summed E-state index contributed by atoms with van der Waals surface area (Å²) in [6.07, 6.45) is -3.21. The average molecular weight is 498 g/mol. The molecule has 0 spiro atoms. The minimum absolute atomic E-state index is 0.0913. The van der Waals surface area contributed by atoms with Crippen LogP contribution < -0.4 is 15.4 Å². The van der Waals surface area contributed by atoms with Gasteiger partial charge in [-0.2, -0.15) is 18.2 Å². The highest BCUT2D eigenvalue weighted by molar-refractivity contribution is 6.13. The number of amides is 2. The predicted molar refractivity (Wildman–Crippen MR) is 124 cm³/mol. The van der Waals surface area contributed by atoms with Gasteiger partial charge in [0.05, 0.1) is 5.56 Å². The van der Waals surface area contributed by atoms with Gasteiger partial charge in [-0.25, -0.2) is 9.37 Å². The Morgan fingerprint density at radius 3 is 2.56 bits per heavy atom. The predicted octanol–water partition coefficient (Wildman–Crippen LogP) is 6.18. The summed E-state index contributed by atoms with van der Waals surface area (Å²) in [7, 11) is 0. The smallest absolute Gasteiger partial charge is 0.419 e. The third kappa shape index (κ3) is 5.57. The van der Waals surface area contributed by atoms with Gasteiger partial charge in [0.15, 0.2) is 0 Å². The van der Waals surface area contributed by atoms with E-state index in [9.17, 15) is 27.2 Å². The summed E-state index contributed by atoms with van der Waals surface area (Å²) in [5.41, 5.74) is -1.47. The molecule has 0 saturated carbocycles. The van der Waals surface area contributed by atoms with Gasteiger partial charge in [0.2, 0.25) is 17.7 Å². The fourth-order valence-corrected chi connectivity index (χ4v) is 3.34. The maximum atomic E-state index is 13.6. The standard InChI is InChI=1S/C25H18F4N4O3/c1-2-21(34)32-24-30-11-10-22(33-24)36-16-7-8-17-14(12-16)4-3-5-18(17)23(35)31-15-6-9-20(26)19(13-15)25(27,28)29/h3-13H,2H2,1H3,(H,31,35)(H,30,32,33,34). The number of carbonyl (C=O) groups is 2. The summed E-state index contributed by atoms with van der Waals surface area (Å²) in [5, 5.41) is 6.04. The monoisotopic (exact) mass is 498 g/mol. The van der Waals surface area contributed by atoms with Crippen molar-refractivity contribution >= 4 is 34.2 Å². The van der Waals surface area contributed by atoms with Crippen LogP contribution in [0.25, 0.3) is 10.8 Å². The van der Waals surface area contributed by atoms with Crippen LogP contribution in [0.4, 0.5) is 29.2 Å². The van der Waals surface area contributed by atoms with Gasteiger partial charge in [-0.3, -0.25) is 14.9 Å². The number of carbonyl (C=O) groups excluding carboxylic acids is 2. The molecule has 0 bridgehead atoms. The summed E-state index contributed by atoms with van der Waals surface area (Å²) in [5.74, 6) is -1.68. The number of halogens is 4. The zero-order valence-corrected chi connectivity index (χ0v) is 18.7. The maximum Gasteiger partial charge on any atom is 0.419 e. The highest BCUT2D eigenvalue weighted by atomic mass is 19.4. The van der Waals surface area contributed by atoms with Gasteiger partial charge in [-0.15, -0.1) is 0 Å². The molecule has 2 N–H and O–H groups in total. The van der Waals surface area contributed by atoms with Crippen molar-refractivity contribution in [2.75, 3.05) is 10.6 Å². The van der Waals surface area contributed by atoms with Crippen molar-refractivity contribution in [2.24, 2.45) is 0 Å². The lowest BCUT2D eigenvalue weighted by Gasteiger charge is -2.12. The normalized spacial score (nSPS) is 11.2. The molecule has 36 heavy (non-hydrogen) atoms. The van der Waals surface area contributed by atoms with E-state index in [4.69, 9.17) is 4.74 Å². The zero-order chi connectivity index (χ0) is 25.9. The molecule has 1 heterocycles. The second kappa shape index (κ2) is 9.98. The Labute approximate surface area is 202 Å². The van der Waals surface area contributed by atoms with Crippen molar-refractivity contribution in [3.8, 4) is 11.6 Å². The highest BCUT2D eigenvalue weighted by Gasteiger charge is 2.34. The van der Waals surface area contributed by atoms with E-state index in [0.717, 1.165) is 6.07 Å². The van der Waals surface area contributed by atoms with Gasteiger partial charge < -0.3 is 10.1 Å². The molecular formula is C25H18F4N4O3. The van der Waals surface area contributed by atoms with E-state index >= 15 is 0 Å². The molecule has 0 aliphatic heterocycles. The van der Waals surface area contributed by atoms with Crippen LogP contribution in [-0.4, -0.2) is 21.8 Å². The minimum atomic E-state index is -4.90. The number of anilines is 2. The van der Waals surface area contributed by atoms with Crippen LogP contribution in [0.2, 0.25) is 0 Å².